The molecule has 9 heteroatoms. The van der Waals surface area contributed by atoms with Crippen molar-refractivity contribution in [3.8, 4) is 0 Å². The third-order valence-electron chi connectivity index (χ3n) is 6.20. The van der Waals surface area contributed by atoms with Gasteiger partial charge in [-0.1, -0.05) is 46.9 Å². The van der Waals surface area contributed by atoms with Crippen molar-refractivity contribution in [3.05, 3.63) is 63.1 Å². The molecule has 1 fully saturated rings. The fourth-order valence-electron chi connectivity index (χ4n) is 4.39. The van der Waals surface area contributed by atoms with Crippen molar-refractivity contribution >= 4 is 52.1 Å². The van der Waals surface area contributed by atoms with E-state index in [2.05, 4.69) is 12.3 Å². The molecule has 0 saturated carbocycles. The summed E-state index contributed by atoms with van der Waals surface area (Å²) in [5.41, 5.74) is 5.50. The van der Waals surface area contributed by atoms with Crippen molar-refractivity contribution in [2.24, 2.45) is 5.10 Å². The molecule has 0 bridgehead atoms. The lowest BCUT2D eigenvalue weighted by Crippen LogP contribution is -3.00. The van der Waals surface area contributed by atoms with E-state index in [9.17, 15) is 4.79 Å². The molecule has 4 rings (SSSR count). The lowest BCUT2D eigenvalue weighted by Gasteiger charge is -2.39. The fraction of sp³-hybridized carbons (Fsp3) is 0.391. The highest BCUT2D eigenvalue weighted by molar-refractivity contribution is 6.40. The van der Waals surface area contributed by atoms with Crippen LogP contribution in [0.4, 0.5) is 5.69 Å². The minimum Gasteiger partial charge on any atom is -1.00 e. The smallest absolute Gasteiger partial charge is 0.312 e. The van der Waals surface area contributed by atoms with E-state index in [1.54, 1.807) is 12.1 Å². The number of piperidine rings is 1. The van der Waals surface area contributed by atoms with Gasteiger partial charge in [0.1, 0.15) is 18.8 Å². The van der Waals surface area contributed by atoms with E-state index in [-0.39, 0.29) is 35.9 Å². The second-order valence-corrected chi connectivity index (χ2v) is 9.45. The molecule has 2 aliphatic rings. The molecule has 2 heterocycles. The number of likely N-dealkylation sites (tertiary alicyclic amines) is 1. The van der Waals surface area contributed by atoms with Crippen LogP contribution < -0.4 is 34.4 Å². The van der Waals surface area contributed by atoms with Crippen molar-refractivity contribution in [2.45, 2.75) is 38.6 Å². The highest BCUT2D eigenvalue weighted by atomic mass is 127. The van der Waals surface area contributed by atoms with Crippen molar-refractivity contribution in [2.75, 3.05) is 24.6 Å². The molecule has 0 radical (unpaired) electrons. The van der Waals surface area contributed by atoms with E-state index in [4.69, 9.17) is 39.9 Å². The molecule has 0 aromatic heterocycles. The third kappa shape index (κ3) is 5.53. The van der Waals surface area contributed by atoms with E-state index in [0.717, 1.165) is 38.0 Å². The van der Waals surface area contributed by atoms with E-state index < -0.39 is 0 Å². The van der Waals surface area contributed by atoms with Crippen LogP contribution in [-0.4, -0.2) is 35.8 Å². The van der Waals surface area contributed by atoms with Gasteiger partial charge in [0.2, 0.25) is 0 Å². The molecule has 1 amide bonds. The van der Waals surface area contributed by atoms with Gasteiger partial charge in [0, 0.05) is 16.5 Å². The fourth-order valence-corrected chi connectivity index (χ4v) is 5.01. The van der Waals surface area contributed by atoms with Gasteiger partial charge < -0.3 is 24.0 Å². The zero-order valence-corrected chi connectivity index (χ0v) is 22.3. The molecule has 1 atom stereocenters. The average molecular weight is 608 g/mol. The SMILES string of the molecule is CC[N+]1(NC(=O)C2=NN(c3ccc(Cl)cc3Cl)C(c3ccc(Cl)cc3)C2)CCCCC1.[I-]. The first-order valence-electron chi connectivity index (χ1n) is 10.7. The quantitative estimate of drug-likeness (QED) is 0.420. The number of quaternary nitrogens is 1. The Morgan fingerprint density at radius 2 is 1.72 bits per heavy atom. The Morgan fingerprint density at radius 3 is 2.34 bits per heavy atom. The Bertz CT molecular complexity index is 993. The van der Waals surface area contributed by atoms with Gasteiger partial charge in [-0.25, -0.2) is 4.59 Å². The van der Waals surface area contributed by atoms with Gasteiger partial charge >= 0.3 is 5.91 Å². The van der Waals surface area contributed by atoms with Crippen molar-refractivity contribution in [3.63, 3.8) is 0 Å². The van der Waals surface area contributed by atoms with Gasteiger partial charge in [-0.15, -0.1) is 0 Å². The summed E-state index contributed by atoms with van der Waals surface area (Å²) in [4.78, 5) is 13.3. The number of hydrogen-bond donors (Lipinski definition) is 1. The monoisotopic (exact) mass is 606 g/mol. The molecule has 1 N–H and O–H groups in total. The van der Waals surface area contributed by atoms with E-state index in [0.29, 0.717) is 37.5 Å². The second-order valence-electron chi connectivity index (χ2n) is 8.17. The molecular weight excluding hydrogens is 582 g/mol. The van der Waals surface area contributed by atoms with Gasteiger partial charge in [0.15, 0.2) is 0 Å². The first-order chi connectivity index (χ1) is 14.9. The molecule has 5 nitrogen and oxygen atoms in total. The summed E-state index contributed by atoms with van der Waals surface area (Å²) in [6.07, 6.45) is 3.95. The highest BCUT2D eigenvalue weighted by Gasteiger charge is 2.37. The predicted molar refractivity (Wildman–Crippen MR) is 128 cm³/mol. The van der Waals surface area contributed by atoms with Crippen molar-refractivity contribution in [1.29, 1.82) is 0 Å². The summed E-state index contributed by atoms with van der Waals surface area (Å²) in [5.74, 6) is -0.115. The highest BCUT2D eigenvalue weighted by Crippen LogP contribution is 2.40. The number of carbonyl (C=O) groups excluding carboxylic acids is 1. The average Bonchev–Trinajstić information content (AvgIpc) is 3.20. The molecule has 2 aromatic rings. The number of nitrogens with zero attached hydrogens (tertiary/aromatic N) is 3. The first kappa shape index (κ1) is 25.6. The van der Waals surface area contributed by atoms with Crippen LogP contribution in [0.15, 0.2) is 47.6 Å². The number of rotatable bonds is 5. The first-order valence-corrected chi connectivity index (χ1v) is 11.8. The number of anilines is 1. The standard InChI is InChI=1S/C23H25Cl3N4O.HI/c1-2-30(12-4-3-5-13-30)28-23(31)20-15-22(16-6-8-17(24)9-7-16)29(27-20)21-11-10-18(25)14-19(21)26;/h6-11,14,22H,2-5,12-13,15H2,1H3;1H. The third-order valence-corrected chi connectivity index (χ3v) is 6.99. The Balaban J connectivity index is 0.00000289. The van der Waals surface area contributed by atoms with Gasteiger partial charge in [-0.2, -0.15) is 10.5 Å². The number of halogens is 4. The summed E-state index contributed by atoms with van der Waals surface area (Å²) < 4.78 is 0.616. The number of nitrogens with one attached hydrogen (secondary N) is 1. The Labute approximate surface area is 221 Å². The van der Waals surface area contributed by atoms with Crippen LogP contribution in [0.1, 0.15) is 44.2 Å². The molecule has 0 aliphatic carbocycles. The topological polar surface area (TPSA) is 44.7 Å². The predicted octanol–water partition coefficient (Wildman–Crippen LogP) is 3.01. The summed E-state index contributed by atoms with van der Waals surface area (Å²) >= 11 is 18.7. The lowest BCUT2D eigenvalue weighted by molar-refractivity contribution is -0.963. The summed E-state index contributed by atoms with van der Waals surface area (Å²) in [6.45, 7) is 4.91. The number of benzene rings is 2. The van der Waals surface area contributed by atoms with E-state index in [1.807, 2.05) is 35.3 Å². The van der Waals surface area contributed by atoms with Gasteiger partial charge in [0.05, 0.1) is 23.3 Å². The maximum atomic E-state index is 13.3. The molecule has 1 unspecified atom stereocenters. The summed E-state index contributed by atoms with van der Waals surface area (Å²) in [7, 11) is 0. The number of amides is 1. The van der Waals surface area contributed by atoms with E-state index in [1.165, 1.54) is 6.42 Å². The zero-order chi connectivity index (χ0) is 22.0. The number of hydrazone groups is 1. The molecule has 2 aliphatic heterocycles. The Morgan fingerprint density at radius 1 is 1.06 bits per heavy atom. The summed E-state index contributed by atoms with van der Waals surface area (Å²) in [6, 6.07) is 12.8. The molecule has 2 aromatic carbocycles. The minimum absolute atomic E-state index is 0. The number of hydrogen-bond acceptors (Lipinski definition) is 3. The van der Waals surface area contributed by atoms with Crippen LogP contribution in [-0.2, 0) is 4.79 Å². The molecular formula is C23H26Cl3IN4O. The van der Waals surface area contributed by atoms with Crippen molar-refractivity contribution in [1.82, 2.24) is 5.43 Å². The zero-order valence-electron chi connectivity index (χ0n) is 17.8. The van der Waals surface area contributed by atoms with Gasteiger partial charge in [0.25, 0.3) is 0 Å². The van der Waals surface area contributed by atoms with Crippen LogP contribution in [0.5, 0.6) is 0 Å². The normalized spacial score (nSPS) is 19.8. The maximum absolute atomic E-state index is 13.3. The lowest BCUT2D eigenvalue weighted by atomic mass is 10.0. The van der Waals surface area contributed by atoms with Crippen LogP contribution >= 0.6 is 34.8 Å². The van der Waals surface area contributed by atoms with Crippen LogP contribution in [0.3, 0.4) is 0 Å². The van der Waals surface area contributed by atoms with Crippen LogP contribution in [0.25, 0.3) is 0 Å². The molecule has 1 saturated heterocycles. The van der Waals surface area contributed by atoms with Crippen LogP contribution in [0.2, 0.25) is 15.1 Å². The van der Waals surface area contributed by atoms with E-state index >= 15 is 0 Å². The number of carbonyl (C=O) groups is 1. The van der Waals surface area contributed by atoms with Crippen molar-refractivity contribution < 1.29 is 33.4 Å². The molecule has 0 spiro atoms. The van der Waals surface area contributed by atoms with Crippen LogP contribution in [0, 0.1) is 0 Å². The van der Waals surface area contributed by atoms with Gasteiger partial charge in [-0.05, 0) is 62.1 Å². The Hall–Kier alpha value is -1.06. The largest absolute Gasteiger partial charge is 1.00 e. The Kier molecular flexibility index (Phi) is 8.72. The summed E-state index contributed by atoms with van der Waals surface area (Å²) in [5, 5.41) is 8.26. The molecule has 32 heavy (non-hydrogen) atoms. The van der Waals surface area contributed by atoms with Gasteiger partial charge in [-0.3, -0.25) is 9.80 Å². The second kappa shape index (κ2) is 10.9. The maximum Gasteiger partial charge on any atom is 0.312 e. The minimum atomic E-state index is -0.159. The molecule has 172 valence electrons.